The Kier molecular flexibility index (Phi) is 7.67. The van der Waals surface area contributed by atoms with Crippen LogP contribution in [0.25, 0.3) is 22.3 Å². The summed E-state index contributed by atoms with van der Waals surface area (Å²) in [5.41, 5.74) is 1.64. The van der Waals surface area contributed by atoms with Crippen molar-refractivity contribution < 1.29 is 32.0 Å². The Morgan fingerprint density at radius 3 is 1.27 bits per heavy atom. The average Bonchev–Trinajstić information content (AvgIpc) is 2.75. The van der Waals surface area contributed by atoms with E-state index in [0.29, 0.717) is 22.3 Å². The molecule has 7 nitrogen and oxygen atoms in total. The molecule has 37 heavy (non-hydrogen) atoms. The summed E-state index contributed by atoms with van der Waals surface area (Å²) in [5.74, 6) is -0.992. The van der Waals surface area contributed by atoms with Gasteiger partial charge in [0.2, 0.25) is 0 Å². The lowest BCUT2D eigenvalue weighted by Gasteiger charge is -2.20. The lowest BCUT2D eigenvalue weighted by molar-refractivity contribution is 0.00570. The van der Waals surface area contributed by atoms with Crippen LogP contribution in [-0.4, -0.2) is 36.1 Å². The van der Waals surface area contributed by atoms with Crippen LogP contribution in [0.4, 0.5) is 0 Å². The van der Waals surface area contributed by atoms with Gasteiger partial charge in [-0.3, -0.25) is 4.55 Å². The fraction of sp³-hybridized carbons (Fsp3) is 0.310. The van der Waals surface area contributed by atoms with Crippen molar-refractivity contribution in [1.82, 2.24) is 0 Å². The Balaban J connectivity index is 2.08. The molecular formula is C29H32O7S. The smallest absolute Gasteiger partial charge is 0.338 e. The van der Waals surface area contributed by atoms with Crippen LogP contribution in [-0.2, 0) is 19.6 Å². The molecule has 0 heterocycles. The molecule has 1 N–H and O–H groups in total. The Morgan fingerprint density at radius 1 is 0.676 bits per heavy atom. The molecule has 0 aliphatic rings. The molecule has 0 aliphatic carbocycles. The van der Waals surface area contributed by atoms with Crippen molar-refractivity contribution in [2.45, 2.75) is 64.6 Å². The highest BCUT2D eigenvalue weighted by Crippen LogP contribution is 2.37. The zero-order valence-electron chi connectivity index (χ0n) is 22.1. The van der Waals surface area contributed by atoms with E-state index in [0.717, 1.165) is 5.56 Å². The summed E-state index contributed by atoms with van der Waals surface area (Å²) in [5, 5.41) is 0. The SMILES string of the molecule is Cc1cc(-c2ccc(C(=O)OC(C)(C)C)cc2)c(S(=O)(=O)O)c(-c2ccc(C(=O)OC(C)(C)C)cc2)c1. The minimum absolute atomic E-state index is 0.270. The summed E-state index contributed by atoms with van der Waals surface area (Å²) in [6.45, 7) is 12.4. The first-order valence-electron chi connectivity index (χ1n) is 11.7. The quantitative estimate of drug-likeness (QED) is 0.300. The van der Waals surface area contributed by atoms with Gasteiger partial charge >= 0.3 is 11.9 Å². The van der Waals surface area contributed by atoms with E-state index >= 15 is 0 Å². The lowest BCUT2D eigenvalue weighted by Crippen LogP contribution is -2.23. The lowest BCUT2D eigenvalue weighted by atomic mass is 9.95. The van der Waals surface area contributed by atoms with Crippen LogP contribution >= 0.6 is 0 Å². The number of benzene rings is 3. The van der Waals surface area contributed by atoms with E-state index < -0.39 is 33.3 Å². The van der Waals surface area contributed by atoms with Crippen molar-refractivity contribution in [2.24, 2.45) is 0 Å². The monoisotopic (exact) mass is 524 g/mol. The number of hydrogen-bond acceptors (Lipinski definition) is 6. The van der Waals surface area contributed by atoms with Gasteiger partial charge in [-0.2, -0.15) is 8.42 Å². The molecule has 0 bridgehead atoms. The van der Waals surface area contributed by atoms with Gasteiger partial charge in [-0.25, -0.2) is 9.59 Å². The van der Waals surface area contributed by atoms with Crippen LogP contribution in [0, 0.1) is 6.92 Å². The van der Waals surface area contributed by atoms with E-state index in [2.05, 4.69) is 0 Å². The second kappa shape index (κ2) is 10.1. The molecular weight excluding hydrogens is 492 g/mol. The minimum atomic E-state index is -4.66. The number of rotatable bonds is 5. The van der Waals surface area contributed by atoms with Gasteiger partial charge in [0.05, 0.1) is 11.1 Å². The number of carbonyl (C=O) groups is 2. The normalized spacial score (nSPS) is 12.2. The van der Waals surface area contributed by atoms with Gasteiger partial charge in [0, 0.05) is 11.1 Å². The highest BCUT2D eigenvalue weighted by Gasteiger charge is 2.25. The van der Waals surface area contributed by atoms with Gasteiger partial charge in [0.15, 0.2) is 0 Å². The zero-order valence-corrected chi connectivity index (χ0v) is 22.9. The first-order chi connectivity index (χ1) is 16.9. The van der Waals surface area contributed by atoms with E-state index in [-0.39, 0.29) is 16.0 Å². The Morgan fingerprint density at radius 2 is 1.00 bits per heavy atom. The summed E-state index contributed by atoms with van der Waals surface area (Å²) in [6, 6.07) is 16.0. The molecule has 0 saturated carbocycles. The van der Waals surface area contributed by atoms with Crippen molar-refractivity contribution >= 4 is 22.1 Å². The van der Waals surface area contributed by atoms with E-state index in [1.54, 1.807) is 102 Å². The van der Waals surface area contributed by atoms with Gasteiger partial charge in [-0.05, 0) is 102 Å². The number of aryl methyl sites for hydroxylation is 1. The predicted molar refractivity (Wildman–Crippen MR) is 142 cm³/mol. The fourth-order valence-electron chi connectivity index (χ4n) is 3.73. The largest absolute Gasteiger partial charge is 0.456 e. The first-order valence-corrected chi connectivity index (χ1v) is 13.2. The molecule has 0 aromatic heterocycles. The Bertz CT molecular complexity index is 1330. The molecule has 0 amide bonds. The van der Waals surface area contributed by atoms with Gasteiger partial charge in [0.1, 0.15) is 16.1 Å². The standard InChI is InChI=1S/C29H32O7S/c1-18-16-23(19-8-12-21(13-9-19)26(30)35-28(2,3)4)25(37(32,33)34)24(17-18)20-10-14-22(15-11-20)27(31)36-29(5,6)7/h8-17H,1-7H3,(H,32,33,34). The van der Waals surface area contributed by atoms with E-state index in [1.807, 2.05) is 6.92 Å². The second-order valence-corrected chi connectivity index (χ2v) is 12.2. The zero-order chi connectivity index (χ0) is 27.8. The third-order valence-corrected chi connectivity index (χ3v) is 6.11. The van der Waals surface area contributed by atoms with Gasteiger partial charge in [-0.15, -0.1) is 0 Å². The minimum Gasteiger partial charge on any atom is -0.456 e. The third-order valence-electron chi connectivity index (χ3n) is 5.15. The van der Waals surface area contributed by atoms with Crippen molar-refractivity contribution in [1.29, 1.82) is 0 Å². The molecule has 0 aliphatic heterocycles. The number of esters is 2. The molecule has 0 unspecified atom stereocenters. The van der Waals surface area contributed by atoms with Crippen molar-refractivity contribution in [3.05, 3.63) is 77.4 Å². The highest BCUT2D eigenvalue weighted by molar-refractivity contribution is 7.86. The third kappa shape index (κ3) is 7.27. The van der Waals surface area contributed by atoms with Crippen LogP contribution in [0.5, 0.6) is 0 Å². The van der Waals surface area contributed by atoms with Crippen molar-refractivity contribution in [3.8, 4) is 22.3 Å². The predicted octanol–water partition coefficient (Wildman–Crippen LogP) is 6.49. The van der Waals surface area contributed by atoms with Gasteiger partial charge in [0.25, 0.3) is 10.1 Å². The van der Waals surface area contributed by atoms with E-state index in [9.17, 15) is 22.6 Å². The maximum atomic E-state index is 12.6. The molecule has 0 radical (unpaired) electrons. The molecule has 0 spiro atoms. The number of carbonyl (C=O) groups excluding carboxylic acids is 2. The average molecular weight is 525 g/mol. The maximum absolute atomic E-state index is 12.6. The molecule has 3 aromatic carbocycles. The second-order valence-electron chi connectivity index (χ2n) is 10.8. The maximum Gasteiger partial charge on any atom is 0.338 e. The molecule has 0 atom stereocenters. The Hall–Kier alpha value is -3.49. The molecule has 3 aromatic rings. The first kappa shape index (κ1) is 28.1. The number of hydrogen-bond donors (Lipinski definition) is 1. The molecule has 3 rings (SSSR count). The molecule has 8 heteroatoms. The van der Waals surface area contributed by atoms with Gasteiger partial charge < -0.3 is 9.47 Å². The fourth-order valence-corrected chi connectivity index (χ4v) is 4.64. The van der Waals surface area contributed by atoms with Crippen molar-refractivity contribution in [3.63, 3.8) is 0 Å². The summed E-state index contributed by atoms with van der Waals surface area (Å²) >= 11 is 0. The summed E-state index contributed by atoms with van der Waals surface area (Å²) in [7, 11) is -4.66. The van der Waals surface area contributed by atoms with Crippen LogP contribution in [0.2, 0.25) is 0 Å². The topological polar surface area (TPSA) is 107 Å². The molecule has 0 saturated heterocycles. The van der Waals surface area contributed by atoms with Crippen LogP contribution in [0.1, 0.15) is 67.8 Å². The highest BCUT2D eigenvalue weighted by atomic mass is 32.2. The summed E-state index contributed by atoms with van der Waals surface area (Å²) < 4.78 is 46.2. The summed E-state index contributed by atoms with van der Waals surface area (Å²) in [6.07, 6.45) is 0. The summed E-state index contributed by atoms with van der Waals surface area (Å²) in [4.78, 5) is 24.5. The number of ether oxygens (including phenoxy) is 2. The molecule has 0 fully saturated rings. The van der Waals surface area contributed by atoms with Gasteiger partial charge in [-0.1, -0.05) is 24.3 Å². The molecule has 196 valence electrons. The van der Waals surface area contributed by atoms with Crippen LogP contribution in [0.15, 0.2) is 65.6 Å². The van der Waals surface area contributed by atoms with E-state index in [4.69, 9.17) is 9.47 Å². The van der Waals surface area contributed by atoms with Crippen molar-refractivity contribution in [2.75, 3.05) is 0 Å². The van der Waals surface area contributed by atoms with Crippen LogP contribution < -0.4 is 0 Å². The Labute approximate surface area is 218 Å². The van der Waals surface area contributed by atoms with E-state index in [1.165, 1.54) is 0 Å². The van der Waals surface area contributed by atoms with Crippen LogP contribution in [0.3, 0.4) is 0 Å².